The molecule has 0 bridgehead atoms. The Kier molecular flexibility index (Phi) is 7.30. The number of rotatable bonds is 3. The second-order valence-electron chi connectivity index (χ2n) is 9.83. The first-order valence-corrected chi connectivity index (χ1v) is 11.8. The summed E-state index contributed by atoms with van der Waals surface area (Å²) in [5.41, 5.74) is 0.985. The Morgan fingerprint density at radius 2 is 1.91 bits per heavy atom. The summed E-state index contributed by atoms with van der Waals surface area (Å²) < 4.78 is 12.4. The lowest BCUT2D eigenvalue weighted by Crippen LogP contribution is -2.41. The van der Waals surface area contributed by atoms with Crippen molar-refractivity contribution in [3.63, 3.8) is 0 Å². The van der Waals surface area contributed by atoms with Crippen molar-refractivity contribution in [2.75, 3.05) is 19.7 Å². The summed E-state index contributed by atoms with van der Waals surface area (Å²) in [5, 5.41) is 3.23. The van der Waals surface area contributed by atoms with E-state index in [1.165, 1.54) is 12.8 Å². The lowest BCUT2D eigenvalue weighted by molar-refractivity contribution is -0.123. The van der Waals surface area contributed by atoms with Gasteiger partial charge in [0.2, 0.25) is 11.8 Å². The second-order valence-corrected chi connectivity index (χ2v) is 9.83. The Morgan fingerprint density at radius 1 is 1.12 bits per heavy atom. The van der Waals surface area contributed by atoms with Gasteiger partial charge >= 0.3 is 0 Å². The van der Waals surface area contributed by atoms with Gasteiger partial charge in [-0.05, 0) is 55.8 Å². The molecule has 0 saturated heterocycles. The van der Waals surface area contributed by atoms with Gasteiger partial charge in [-0.15, -0.1) is 0 Å². The quantitative estimate of drug-likeness (QED) is 0.737. The van der Waals surface area contributed by atoms with E-state index in [2.05, 4.69) is 29.0 Å². The third-order valence-corrected chi connectivity index (χ3v) is 6.33. The highest BCUT2D eigenvalue weighted by Gasteiger charge is 2.24. The normalized spacial score (nSPS) is 19.8. The summed E-state index contributed by atoms with van der Waals surface area (Å²) in [6, 6.07) is 12.0. The summed E-state index contributed by atoms with van der Waals surface area (Å²) in [7, 11) is 0. The number of pyridine rings is 1. The fourth-order valence-electron chi connectivity index (χ4n) is 4.52. The summed E-state index contributed by atoms with van der Waals surface area (Å²) >= 11 is 0. The van der Waals surface area contributed by atoms with Gasteiger partial charge in [-0.25, -0.2) is 4.98 Å². The van der Waals surface area contributed by atoms with Gasteiger partial charge in [0.05, 0.1) is 13.2 Å². The number of aromatic nitrogens is 1. The number of hydrogen-bond acceptors (Lipinski definition) is 5. The Morgan fingerprint density at radius 3 is 2.72 bits per heavy atom. The van der Waals surface area contributed by atoms with Gasteiger partial charge in [0.15, 0.2) is 11.5 Å². The maximum atomic E-state index is 12.8. The number of nitrogens with one attached hydrogen (secondary N) is 1. The molecule has 0 spiro atoms. The maximum Gasteiger partial charge on any atom is 0.234 e. The van der Waals surface area contributed by atoms with E-state index >= 15 is 0 Å². The molecular formula is C26H35N3O3. The second kappa shape index (κ2) is 10.3. The van der Waals surface area contributed by atoms with Crippen LogP contribution in [0.1, 0.15) is 57.9 Å². The predicted octanol–water partition coefficient (Wildman–Crippen LogP) is 4.93. The van der Waals surface area contributed by atoms with Crippen molar-refractivity contribution in [2.45, 2.75) is 65.0 Å². The molecule has 0 atom stereocenters. The molecule has 0 radical (unpaired) electrons. The summed E-state index contributed by atoms with van der Waals surface area (Å²) in [5.74, 6) is 2.06. The monoisotopic (exact) mass is 437 g/mol. The Hall–Kier alpha value is -2.60. The summed E-state index contributed by atoms with van der Waals surface area (Å²) in [6.45, 7) is 6.89. The number of carbonyl (C=O) groups is 1. The van der Waals surface area contributed by atoms with Gasteiger partial charge in [-0.3, -0.25) is 9.69 Å². The summed E-state index contributed by atoms with van der Waals surface area (Å²) in [4.78, 5) is 19.5. The van der Waals surface area contributed by atoms with Crippen molar-refractivity contribution in [2.24, 2.45) is 5.41 Å². The molecule has 4 rings (SSSR count). The molecule has 1 N–H and O–H groups in total. The molecular weight excluding hydrogens is 402 g/mol. The zero-order valence-corrected chi connectivity index (χ0v) is 19.3. The molecule has 2 aromatic rings. The Balaban J connectivity index is 1.56. The zero-order valence-electron chi connectivity index (χ0n) is 19.3. The van der Waals surface area contributed by atoms with E-state index in [1.807, 2.05) is 36.4 Å². The molecule has 1 aromatic carbocycles. The number of para-hydroxylation sites is 2. The van der Waals surface area contributed by atoms with Crippen molar-refractivity contribution < 1.29 is 14.3 Å². The van der Waals surface area contributed by atoms with Crippen LogP contribution >= 0.6 is 0 Å². The fourth-order valence-corrected chi connectivity index (χ4v) is 4.52. The van der Waals surface area contributed by atoms with Gasteiger partial charge in [-0.1, -0.05) is 44.9 Å². The van der Waals surface area contributed by atoms with Gasteiger partial charge in [0.25, 0.3) is 0 Å². The molecule has 1 saturated carbocycles. The molecule has 1 aliphatic carbocycles. The first-order valence-electron chi connectivity index (χ1n) is 11.8. The van der Waals surface area contributed by atoms with Crippen LogP contribution in [0.25, 0.3) is 0 Å². The third kappa shape index (κ3) is 6.22. The number of hydrogen-bond donors (Lipinski definition) is 1. The smallest absolute Gasteiger partial charge is 0.234 e. The van der Waals surface area contributed by atoms with Crippen LogP contribution in [0.3, 0.4) is 0 Å². The van der Waals surface area contributed by atoms with Crippen molar-refractivity contribution in [3.05, 3.63) is 48.2 Å². The number of carbonyl (C=O) groups excluding carboxylic acids is 1. The minimum atomic E-state index is 0.0179. The van der Waals surface area contributed by atoms with Crippen LogP contribution in [0, 0.1) is 5.41 Å². The van der Waals surface area contributed by atoms with Crippen molar-refractivity contribution in [1.82, 2.24) is 15.2 Å². The highest BCUT2D eigenvalue weighted by molar-refractivity contribution is 5.78. The van der Waals surface area contributed by atoms with Crippen LogP contribution < -0.4 is 14.8 Å². The number of nitrogens with zero attached hydrogens (tertiary/aromatic N) is 2. The maximum absolute atomic E-state index is 12.8. The van der Waals surface area contributed by atoms with Crippen LogP contribution in [-0.4, -0.2) is 41.5 Å². The largest absolute Gasteiger partial charge is 0.489 e. The highest BCUT2D eigenvalue weighted by Crippen LogP contribution is 2.34. The predicted molar refractivity (Wildman–Crippen MR) is 125 cm³/mol. The first kappa shape index (κ1) is 22.6. The number of ether oxygens (including phenoxy) is 2. The topological polar surface area (TPSA) is 63.7 Å². The van der Waals surface area contributed by atoms with Crippen molar-refractivity contribution in [3.8, 4) is 17.4 Å². The minimum absolute atomic E-state index is 0.0179. The Bertz CT molecular complexity index is 909. The molecule has 1 aliphatic heterocycles. The molecule has 172 valence electrons. The van der Waals surface area contributed by atoms with Crippen LogP contribution in [0.2, 0.25) is 0 Å². The molecule has 32 heavy (non-hydrogen) atoms. The molecule has 6 nitrogen and oxygen atoms in total. The van der Waals surface area contributed by atoms with Gasteiger partial charge < -0.3 is 14.8 Å². The minimum Gasteiger partial charge on any atom is -0.489 e. The van der Waals surface area contributed by atoms with Gasteiger partial charge in [0.1, 0.15) is 0 Å². The molecule has 2 heterocycles. The first-order chi connectivity index (χ1) is 15.5. The van der Waals surface area contributed by atoms with E-state index in [0.717, 1.165) is 43.5 Å². The lowest BCUT2D eigenvalue weighted by Gasteiger charge is -2.27. The van der Waals surface area contributed by atoms with Gasteiger partial charge in [-0.2, -0.15) is 0 Å². The SMILES string of the molecule is CC1(C)CCCN(CC(=O)NC2CCCC2)Cc2cccnc2Oc2ccccc2OC1. The lowest BCUT2D eigenvalue weighted by atomic mass is 9.88. The molecule has 0 unspecified atom stereocenters. The fraction of sp³-hybridized carbons (Fsp3) is 0.538. The Labute approximate surface area is 191 Å². The van der Waals surface area contributed by atoms with Crippen LogP contribution in [0.15, 0.2) is 42.6 Å². The van der Waals surface area contributed by atoms with E-state index in [1.54, 1.807) is 6.20 Å². The van der Waals surface area contributed by atoms with Crippen LogP contribution in [-0.2, 0) is 11.3 Å². The summed E-state index contributed by atoms with van der Waals surface area (Å²) in [6.07, 6.45) is 8.36. The molecule has 2 aliphatic rings. The standard InChI is InChI=1S/C26H35N3O3/c1-26(2)14-8-16-29(18-24(30)28-21-10-3-4-11-21)17-20-9-7-15-27-25(20)32-23-13-6-5-12-22(23)31-19-26/h5-7,9,12-13,15,21H,3-4,8,10-11,14,16-19H2,1-2H3,(H,28,30). The van der Waals surface area contributed by atoms with Gasteiger partial charge in [0, 0.05) is 24.3 Å². The highest BCUT2D eigenvalue weighted by atomic mass is 16.5. The molecule has 1 fully saturated rings. The zero-order chi connectivity index (χ0) is 22.4. The third-order valence-electron chi connectivity index (χ3n) is 6.33. The molecule has 1 aromatic heterocycles. The van der Waals surface area contributed by atoms with Crippen LogP contribution in [0.4, 0.5) is 0 Å². The van der Waals surface area contributed by atoms with E-state index < -0.39 is 0 Å². The molecule has 6 heteroatoms. The van der Waals surface area contributed by atoms with E-state index in [4.69, 9.17) is 9.47 Å². The average molecular weight is 438 g/mol. The molecule has 1 amide bonds. The van der Waals surface area contributed by atoms with Crippen molar-refractivity contribution in [1.29, 1.82) is 0 Å². The number of amides is 1. The number of fused-ring (bicyclic) bond motifs is 2. The van der Waals surface area contributed by atoms with E-state index in [9.17, 15) is 4.79 Å². The van der Waals surface area contributed by atoms with E-state index in [0.29, 0.717) is 37.4 Å². The number of benzene rings is 1. The van der Waals surface area contributed by atoms with E-state index in [-0.39, 0.29) is 11.3 Å². The average Bonchev–Trinajstić information content (AvgIpc) is 3.27. The van der Waals surface area contributed by atoms with Crippen LogP contribution in [0.5, 0.6) is 17.4 Å². The van der Waals surface area contributed by atoms with Crippen molar-refractivity contribution >= 4 is 5.91 Å².